The number of anilines is 1. The fourth-order valence-electron chi connectivity index (χ4n) is 2.04. The van der Waals surface area contributed by atoms with Gasteiger partial charge in [0.2, 0.25) is 5.88 Å². The van der Waals surface area contributed by atoms with Crippen molar-refractivity contribution in [1.29, 1.82) is 0 Å². The van der Waals surface area contributed by atoms with Crippen molar-refractivity contribution in [3.8, 4) is 5.88 Å². The first-order valence-corrected chi connectivity index (χ1v) is 6.63. The van der Waals surface area contributed by atoms with Crippen LogP contribution in [0.15, 0.2) is 10.8 Å². The van der Waals surface area contributed by atoms with Gasteiger partial charge in [0.25, 0.3) is 0 Å². The number of ether oxygens (including phenoxy) is 1. The third-order valence-electron chi connectivity index (χ3n) is 3.14. The van der Waals surface area contributed by atoms with E-state index in [2.05, 4.69) is 38.2 Å². The summed E-state index contributed by atoms with van der Waals surface area (Å²) in [6, 6.07) is 0. The quantitative estimate of drug-likeness (QED) is 0.663. The van der Waals surface area contributed by atoms with E-state index in [-0.39, 0.29) is 6.10 Å². The van der Waals surface area contributed by atoms with E-state index in [9.17, 15) is 0 Å². The van der Waals surface area contributed by atoms with E-state index < -0.39 is 0 Å². The van der Waals surface area contributed by atoms with Crippen molar-refractivity contribution in [2.75, 3.05) is 5.43 Å². The molecule has 1 saturated carbocycles. The molecule has 0 atom stereocenters. The molecule has 17 heavy (non-hydrogen) atoms. The average Bonchev–Trinajstić information content (AvgIpc) is 2.35. The molecule has 1 aliphatic carbocycles. The SMILES string of the molecule is CC1CCC(Oc2ncnc(NN)c2Br)CC1. The van der Waals surface area contributed by atoms with Gasteiger partial charge in [-0.3, -0.25) is 0 Å². The third-order valence-corrected chi connectivity index (χ3v) is 3.85. The molecule has 1 heterocycles. The standard InChI is InChI=1S/C11H17BrN4O/c1-7-2-4-8(5-3-7)17-11-9(12)10(16-13)14-6-15-11/h6-8H,2-5,13H2,1H3,(H,14,15,16). The summed E-state index contributed by atoms with van der Waals surface area (Å²) in [5, 5.41) is 0. The van der Waals surface area contributed by atoms with Crippen LogP contribution in [-0.2, 0) is 0 Å². The lowest BCUT2D eigenvalue weighted by atomic mass is 9.89. The predicted octanol–water partition coefficient (Wildman–Crippen LogP) is 2.48. The van der Waals surface area contributed by atoms with E-state index in [0.29, 0.717) is 16.2 Å². The van der Waals surface area contributed by atoms with Crippen molar-refractivity contribution in [3.05, 3.63) is 10.8 Å². The number of nitrogens with one attached hydrogen (secondary N) is 1. The normalized spacial score (nSPS) is 24.4. The summed E-state index contributed by atoms with van der Waals surface area (Å²) < 4.78 is 6.56. The Morgan fingerprint density at radius 2 is 2.06 bits per heavy atom. The van der Waals surface area contributed by atoms with Crippen molar-refractivity contribution in [3.63, 3.8) is 0 Å². The Kier molecular flexibility index (Phi) is 4.17. The molecule has 0 aromatic carbocycles. The van der Waals surface area contributed by atoms with Gasteiger partial charge in [-0.25, -0.2) is 15.8 Å². The van der Waals surface area contributed by atoms with Gasteiger partial charge in [0.05, 0.1) is 0 Å². The Morgan fingerprint density at radius 1 is 1.35 bits per heavy atom. The second kappa shape index (κ2) is 5.64. The van der Waals surface area contributed by atoms with E-state index >= 15 is 0 Å². The number of nitrogens with zero attached hydrogens (tertiary/aromatic N) is 2. The van der Waals surface area contributed by atoms with Gasteiger partial charge in [-0.2, -0.15) is 0 Å². The molecule has 1 fully saturated rings. The zero-order chi connectivity index (χ0) is 12.3. The minimum Gasteiger partial charge on any atom is -0.473 e. The lowest BCUT2D eigenvalue weighted by Crippen LogP contribution is -2.24. The summed E-state index contributed by atoms with van der Waals surface area (Å²) in [4.78, 5) is 8.11. The van der Waals surface area contributed by atoms with Crippen molar-refractivity contribution >= 4 is 21.7 Å². The molecule has 0 spiro atoms. The van der Waals surface area contributed by atoms with Crippen LogP contribution >= 0.6 is 15.9 Å². The molecule has 5 nitrogen and oxygen atoms in total. The monoisotopic (exact) mass is 300 g/mol. The lowest BCUT2D eigenvalue weighted by Gasteiger charge is -2.26. The van der Waals surface area contributed by atoms with Crippen LogP contribution in [-0.4, -0.2) is 16.1 Å². The second-order valence-corrected chi connectivity index (χ2v) is 5.28. The Morgan fingerprint density at radius 3 is 2.71 bits per heavy atom. The largest absolute Gasteiger partial charge is 0.473 e. The minimum absolute atomic E-state index is 0.253. The number of halogens is 1. The van der Waals surface area contributed by atoms with Crippen LogP contribution in [0.5, 0.6) is 5.88 Å². The van der Waals surface area contributed by atoms with E-state index in [1.54, 1.807) is 0 Å². The van der Waals surface area contributed by atoms with Crippen LogP contribution < -0.4 is 16.0 Å². The highest BCUT2D eigenvalue weighted by molar-refractivity contribution is 9.10. The highest BCUT2D eigenvalue weighted by atomic mass is 79.9. The first-order valence-electron chi connectivity index (χ1n) is 5.84. The van der Waals surface area contributed by atoms with Gasteiger partial charge in [0, 0.05) is 0 Å². The molecule has 0 amide bonds. The van der Waals surface area contributed by atoms with Crippen LogP contribution in [0.1, 0.15) is 32.6 Å². The van der Waals surface area contributed by atoms with Gasteiger partial charge in [-0.1, -0.05) is 6.92 Å². The van der Waals surface area contributed by atoms with Crippen molar-refractivity contribution < 1.29 is 4.74 Å². The van der Waals surface area contributed by atoms with Gasteiger partial charge >= 0.3 is 0 Å². The molecule has 0 bridgehead atoms. The zero-order valence-electron chi connectivity index (χ0n) is 9.82. The Hall–Kier alpha value is -0.880. The van der Waals surface area contributed by atoms with Crippen LogP contribution in [0.4, 0.5) is 5.82 Å². The molecule has 94 valence electrons. The smallest absolute Gasteiger partial charge is 0.233 e. The van der Waals surface area contributed by atoms with Gasteiger partial charge < -0.3 is 10.2 Å². The number of hydrogen-bond acceptors (Lipinski definition) is 5. The van der Waals surface area contributed by atoms with Crippen LogP contribution in [0.2, 0.25) is 0 Å². The average molecular weight is 301 g/mol. The van der Waals surface area contributed by atoms with E-state index in [0.717, 1.165) is 18.8 Å². The topological polar surface area (TPSA) is 73.1 Å². The molecule has 2 rings (SSSR count). The molecular formula is C11H17BrN4O. The lowest BCUT2D eigenvalue weighted by molar-refractivity contribution is 0.129. The highest BCUT2D eigenvalue weighted by Crippen LogP contribution is 2.32. The van der Waals surface area contributed by atoms with E-state index in [1.807, 2.05) is 0 Å². The minimum atomic E-state index is 0.253. The molecule has 0 saturated heterocycles. The Balaban J connectivity index is 2.03. The first-order chi connectivity index (χ1) is 8.20. The van der Waals surface area contributed by atoms with Crippen LogP contribution in [0.3, 0.4) is 0 Å². The van der Waals surface area contributed by atoms with Crippen molar-refractivity contribution in [2.24, 2.45) is 11.8 Å². The fraction of sp³-hybridized carbons (Fsp3) is 0.636. The van der Waals surface area contributed by atoms with E-state index in [1.165, 1.54) is 19.2 Å². The second-order valence-electron chi connectivity index (χ2n) is 4.49. The molecule has 6 heteroatoms. The molecule has 0 aliphatic heterocycles. The summed E-state index contributed by atoms with van der Waals surface area (Å²) in [6.07, 6.45) is 6.31. The maximum absolute atomic E-state index is 5.88. The van der Waals surface area contributed by atoms with Gasteiger partial charge in [-0.15, -0.1) is 0 Å². The summed E-state index contributed by atoms with van der Waals surface area (Å²) in [5.41, 5.74) is 2.50. The summed E-state index contributed by atoms with van der Waals surface area (Å²) in [7, 11) is 0. The number of hydrogen-bond donors (Lipinski definition) is 2. The number of nitrogens with two attached hydrogens (primary N) is 1. The number of aromatic nitrogens is 2. The first kappa shape index (κ1) is 12.6. The number of nitrogen functional groups attached to an aromatic ring is 1. The molecule has 1 aromatic rings. The van der Waals surface area contributed by atoms with Crippen LogP contribution in [0, 0.1) is 5.92 Å². The van der Waals surface area contributed by atoms with Gasteiger partial charge in [-0.05, 0) is 47.5 Å². The summed E-state index contributed by atoms with van der Waals surface area (Å²) in [5.74, 6) is 7.26. The van der Waals surface area contributed by atoms with Gasteiger partial charge in [0.1, 0.15) is 16.9 Å². The van der Waals surface area contributed by atoms with Crippen molar-refractivity contribution in [2.45, 2.75) is 38.7 Å². The zero-order valence-corrected chi connectivity index (χ0v) is 11.4. The summed E-state index contributed by atoms with van der Waals surface area (Å²) >= 11 is 3.39. The maximum atomic E-state index is 5.88. The molecular weight excluding hydrogens is 284 g/mol. The van der Waals surface area contributed by atoms with E-state index in [4.69, 9.17) is 10.6 Å². The van der Waals surface area contributed by atoms with Gasteiger partial charge in [0.15, 0.2) is 5.82 Å². The molecule has 0 unspecified atom stereocenters. The van der Waals surface area contributed by atoms with Crippen LogP contribution in [0.25, 0.3) is 0 Å². The predicted molar refractivity (Wildman–Crippen MR) is 69.6 cm³/mol. The Labute approximate surface area is 109 Å². The van der Waals surface area contributed by atoms with Crippen molar-refractivity contribution in [1.82, 2.24) is 9.97 Å². The fourth-order valence-corrected chi connectivity index (χ4v) is 2.45. The Bertz CT molecular complexity index is 380. The third kappa shape index (κ3) is 3.07. The molecule has 0 radical (unpaired) electrons. The highest BCUT2D eigenvalue weighted by Gasteiger charge is 2.21. The maximum Gasteiger partial charge on any atom is 0.233 e. The number of hydrazine groups is 1. The molecule has 1 aliphatic rings. The molecule has 3 N–H and O–H groups in total. The summed E-state index contributed by atoms with van der Waals surface area (Å²) in [6.45, 7) is 2.28. The molecule has 1 aromatic heterocycles. The number of rotatable bonds is 3.